The second-order valence-electron chi connectivity index (χ2n) is 5.65. The summed E-state index contributed by atoms with van der Waals surface area (Å²) in [6, 6.07) is 0.0630. The molecule has 3 N–H and O–H groups in total. The molecule has 5 nitrogen and oxygen atoms in total. The van der Waals surface area contributed by atoms with Crippen molar-refractivity contribution in [2.45, 2.75) is 38.1 Å². The zero-order valence-electron chi connectivity index (χ0n) is 11.8. The molecule has 1 amide bonds. The van der Waals surface area contributed by atoms with Crippen molar-refractivity contribution in [2.24, 2.45) is 11.7 Å². The summed E-state index contributed by atoms with van der Waals surface area (Å²) in [5.41, 5.74) is 6.02. The Labute approximate surface area is 115 Å². The topological polar surface area (TPSA) is 67.6 Å². The zero-order valence-corrected chi connectivity index (χ0v) is 11.8. The van der Waals surface area contributed by atoms with E-state index in [2.05, 4.69) is 10.2 Å². The molecular weight excluding hydrogens is 242 g/mol. The molecule has 0 spiro atoms. The summed E-state index contributed by atoms with van der Waals surface area (Å²) in [4.78, 5) is 14.4. The first-order chi connectivity index (χ1) is 9.27. The maximum absolute atomic E-state index is 12.0. The number of carbonyl (C=O) groups excluding carboxylic acids is 1. The van der Waals surface area contributed by atoms with Gasteiger partial charge in [-0.05, 0) is 25.8 Å². The van der Waals surface area contributed by atoms with Crippen molar-refractivity contribution in [2.75, 3.05) is 39.4 Å². The van der Waals surface area contributed by atoms with E-state index in [9.17, 15) is 4.79 Å². The third-order valence-electron chi connectivity index (χ3n) is 4.21. The van der Waals surface area contributed by atoms with Crippen LogP contribution in [0.1, 0.15) is 32.1 Å². The number of morpholine rings is 1. The van der Waals surface area contributed by atoms with E-state index in [4.69, 9.17) is 10.5 Å². The Kier molecular flexibility index (Phi) is 6.07. The second kappa shape index (κ2) is 7.82. The van der Waals surface area contributed by atoms with Gasteiger partial charge in [0.1, 0.15) is 0 Å². The maximum Gasteiger partial charge on any atom is 0.224 e. The molecule has 5 heteroatoms. The summed E-state index contributed by atoms with van der Waals surface area (Å²) < 4.78 is 5.31. The van der Waals surface area contributed by atoms with Crippen LogP contribution in [0.2, 0.25) is 0 Å². The van der Waals surface area contributed by atoms with Crippen molar-refractivity contribution in [1.82, 2.24) is 10.2 Å². The van der Waals surface area contributed by atoms with E-state index in [-0.39, 0.29) is 17.9 Å². The van der Waals surface area contributed by atoms with E-state index in [1.165, 1.54) is 6.42 Å². The van der Waals surface area contributed by atoms with Gasteiger partial charge < -0.3 is 15.8 Å². The highest BCUT2D eigenvalue weighted by Crippen LogP contribution is 2.22. The predicted octanol–water partition coefficient (Wildman–Crippen LogP) is 0.342. The Hall–Kier alpha value is -0.650. The van der Waals surface area contributed by atoms with Gasteiger partial charge in [-0.25, -0.2) is 0 Å². The van der Waals surface area contributed by atoms with Gasteiger partial charge in [-0.1, -0.05) is 12.8 Å². The van der Waals surface area contributed by atoms with Crippen molar-refractivity contribution in [3.63, 3.8) is 0 Å². The zero-order chi connectivity index (χ0) is 13.5. The van der Waals surface area contributed by atoms with E-state index in [1.54, 1.807) is 0 Å². The van der Waals surface area contributed by atoms with Crippen LogP contribution in [0.15, 0.2) is 0 Å². The summed E-state index contributed by atoms with van der Waals surface area (Å²) >= 11 is 0. The summed E-state index contributed by atoms with van der Waals surface area (Å²) in [7, 11) is 0. The molecule has 1 aliphatic carbocycles. The van der Waals surface area contributed by atoms with Gasteiger partial charge in [-0.15, -0.1) is 0 Å². The minimum absolute atomic E-state index is 0.0390. The Balaban J connectivity index is 1.58. The van der Waals surface area contributed by atoms with Gasteiger partial charge in [0.05, 0.1) is 19.1 Å². The number of ether oxygens (including phenoxy) is 1. The largest absolute Gasteiger partial charge is 0.379 e. The molecule has 1 aliphatic heterocycles. The van der Waals surface area contributed by atoms with Crippen molar-refractivity contribution in [1.29, 1.82) is 0 Å². The molecule has 0 radical (unpaired) electrons. The van der Waals surface area contributed by atoms with Gasteiger partial charge in [-0.2, -0.15) is 0 Å². The molecule has 110 valence electrons. The highest BCUT2D eigenvalue weighted by atomic mass is 16.5. The van der Waals surface area contributed by atoms with Crippen LogP contribution in [0.5, 0.6) is 0 Å². The van der Waals surface area contributed by atoms with Gasteiger partial charge in [0.25, 0.3) is 0 Å². The fraction of sp³-hybridized carbons (Fsp3) is 0.929. The van der Waals surface area contributed by atoms with Gasteiger partial charge in [0.15, 0.2) is 0 Å². The summed E-state index contributed by atoms with van der Waals surface area (Å²) in [5, 5.41) is 3.05. The van der Waals surface area contributed by atoms with Gasteiger partial charge in [0, 0.05) is 25.7 Å². The third kappa shape index (κ3) is 4.75. The summed E-state index contributed by atoms with van der Waals surface area (Å²) in [5.74, 6) is 0.200. The molecule has 1 heterocycles. The Bertz CT molecular complexity index is 280. The van der Waals surface area contributed by atoms with Crippen LogP contribution in [0, 0.1) is 5.92 Å². The lowest BCUT2D eigenvalue weighted by Gasteiger charge is -2.28. The summed E-state index contributed by atoms with van der Waals surface area (Å²) in [6.07, 6.45) is 5.26. The summed E-state index contributed by atoms with van der Waals surface area (Å²) in [6.45, 7) is 5.51. The van der Waals surface area contributed by atoms with Gasteiger partial charge >= 0.3 is 0 Å². The number of carbonyl (C=O) groups is 1. The minimum Gasteiger partial charge on any atom is -0.379 e. The lowest BCUT2D eigenvalue weighted by Crippen LogP contribution is -2.44. The van der Waals surface area contributed by atoms with Crippen molar-refractivity contribution in [3.8, 4) is 0 Å². The molecule has 0 aromatic rings. The first-order valence-corrected chi connectivity index (χ1v) is 7.61. The molecule has 2 fully saturated rings. The highest BCUT2D eigenvalue weighted by molar-refractivity contribution is 5.79. The van der Waals surface area contributed by atoms with Crippen LogP contribution in [-0.4, -0.2) is 56.2 Å². The second-order valence-corrected chi connectivity index (χ2v) is 5.65. The standard InChI is InChI=1S/C14H27N3O2/c15-13-5-2-1-4-12(13)14(18)16-6-3-7-17-8-10-19-11-9-17/h12-13H,1-11,15H2,(H,16,18). The average molecular weight is 269 g/mol. The highest BCUT2D eigenvalue weighted by Gasteiger charge is 2.27. The molecule has 2 atom stereocenters. The molecule has 0 bridgehead atoms. The monoisotopic (exact) mass is 269 g/mol. The molecule has 19 heavy (non-hydrogen) atoms. The van der Waals surface area contributed by atoms with E-state index in [0.717, 1.165) is 65.1 Å². The van der Waals surface area contributed by atoms with Crippen LogP contribution in [0.25, 0.3) is 0 Å². The fourth-order valence-electron chi connectivity index (χ4n) is 2.96. The lowest BCUT2D eigenvalue weighted by molar-refractivity contribution is -0.126. The quantitative estimate of drug-likeness (QED) is 0.706. The molecule has 2 unspecified atom stereocenters. The fourth-order valence-corrected chi connectivity index (χ4v) is 2.96. The number of nitrogens with one attached hydrogen (secondary N) is 1. The predicted molar refractivity (Wildman–Crippen MR) is 74.8 cm³/mol. The van der Waals surface area contributed by atoms with Crippen LogP contribution in [0.3, 0.4) is 0 Å². The normalized spacial score (nSPS) is 29.1. The number of nitrogens with zero attached hydrogens (tertiary/aromatic N) is 1. The van der Waals surface area contributed by atoms with E-state index >= 15 is 0 Å². The van der Waals surface area contributed by atoms with E-state index < -0.39 is 0 Å². The first kappa shape index (κ1) is 14.8. The molecular formula is C14H27N3O2. The van der Waals surface area contributed by atoms with Crippen molar-refractivity contribution < 1.29 is 9.53 Å². The molecule has 1 saturated carbocycles. The van der Waals surface area contributed by atoms with E-state index in [1.807, 2.05) is 0 Å². The first-order valence-electron chi connectivity index (χ1n) is 7.61. The van der Waals surface area contributed by atoms with E-state index in [0.29, 0.717) is 0 Å². The minimum atomic E-state index is 0.0390. The number of rotatable bonds is 5. The average Bonchev–Trinajstić information content (AvgIpc) is 2.45. The maximum atomic E-state index is 12.0. The van der Waals surface area contributed by atoms with Gasteiger partial charge in [-0.3, -0.25) is 9.69 Å². The van der Waals surface area contributed by atoms with Gasteiger partial charge in [0.2, 0.25) is 5.91 Å². The van der Waals surface area contributed by atoms with Crippen molar-refractivity contribution in [3.05, 3.63) is 0 Å². The number of hydrogen-bond donors (Lipinski definition) is 2. The molecule has 2 rings (SSSR count). The van der Waals surface area contributed by atoms with Crippen LogP contribution in [-0.2, 0) is 9.53 Å². The van der Waals surface area contributed by atoms with Crippen LogP contribution in [0.4, 0.5) is 0 Å². The van der Waals surface area contributed by atoms with Crippen molar-refractivity contribution >= 4 is 5.91 Å². The molecule has 1 saturated heterocycles. The number of hydrogen-bond acceptors (Lipinski definition) is 4. The van der Waals surface area contributed by atoms with Crippen LogP contribution < -0.4 is 11.1 Å². The lowest BCUT2D eigenvalue weighted by atomic mass is 9.84. The Morgan fingerprint density at radius 3 is 2.74 bits per heavy atom. The third-order valence-corrected chi connectivity index (χ3v) is 4.21. The number of nitrogens with two attached hydrogens (primary N) is 1. The smallest absolute Gasteiger partial charge is 0.224 e. The molecule has 2 aliphatic rings. The SMILES string of the molecule is NC1CCCCC1C(=O)NCCCN1CCOCC1. The number of amides is 1. The Morgan fingerprint density at radius 2 is 2.00 bits per heavy atom. The Morgan fingerprint density at radius 1 is 1.26 bits per heavy atom. The molecule has 0 aromatic heterocycles. The molecule has 0 aromatic carbocycles. The van der Waals surface area contributed by atoms with Crippen LogP contribution >= 0.6 is 0 Å².